The molecule has 0 radical (unpaired) electrons. The maximum atomic E-state index is 12.0. The van der Waals surface area contributed by atoms with Crippen LogP contribution in [0.15, 0.2) is 11.1 Å². The molecule has 2 aliphatic carbocycles. The Hall–Kier alpha value is -1.45. The van der Waals surface area contributed by atoms with E-state index >= 15 is 0 Å². The van der Waals surface area contributed by atoms with Crippen molar-refractivity contribution in [1.29, 1.82) is 0 Å². The molecule has 0 aromatic rings. The van der Waals surface area contributed by atoms with Crippen molar-refractivity contribution < 1.29 is 19.1 Å². The number of esters is 1. The molecule has 0 aromatic heterocycles. The average Bonchev–Trinajstić information content (AvgIpc) is 2.31. The Labute approximate surface area is 100 Å². The topological polar surface area (TPSA) is 60.4 Å². The zero-order chi connectivity index (χ0) is 12.6. The lowest BCUT2D eigenvalue weighted by Crippen LogP contribution is -2.40. The van der Waals surface area contributed by atoms with E-state index in [1.54, 1.807) is 0 Å². The molecule has 0 bridgehead atoms. The Bertz CT molecular complexity index is 433. The second-order valence-corrected chi connectivity index (χ2v) is 4.88. The molecule has 0 N–H and O–H groups in total. The summed E-state index contributed by atoms with van der Waals surface area (Å²) in [6.07, 6.45) is 2.70. The van der Waals surface area contributed by atoms with Crippen molar-refractivity contribution in [3.63, 3.8) is 0 Å². The van der Waals surface area contributed by atoms with Crippen LogP contribution in [0.1, 0.15) is 39.0 Å². The molecule has 2 aliphatic rings. The van der Waals surface area contributed by atoms with Gasteiger partial charge in [-0.15, -0.1) is 0 Å². The summed E-state index contributed by atoms with van der Waals surface area (Å²) in [5.74, 6) is -0.627. The van der Waals surface area contributed by atoms with Crippen LogP contribution in [0.3, 0.4) is 0 Å². The summed E-state index contributed by atoms with van der Waals surface area (Å²) in [4.78, 5) is 35.5. The van der Waals surface area contributed by atoms with Gasteiger partial charge < -0.3 is 4.74 Å². The Balaban J connectivity index is 2.56. The zero-order valence-electron chi connectivity index (χ0n) is 10.2. The number of carbonyl (C=O) groups is 3. The van der Waals surface area contributed by atoms with Crippen molar-refractivity contribution in [2.75, 3.05) is 7.11 Å². The third-order valence-electron chi connectivity index (χ3n) is 3.93. The van der Waals surface area contributed by atoms with Gasteiger partial charge in [0.1, 0.15) is 11.4 Å². The largest absolute Gasteiger partial charge is 0.465 e. The van der Waals surface area contributed by atoms with Crippen LogP contribution < -0.4 is 0 Å². The Morgan fingerprint density at radius 2 is 1.94 bits per heavy atom. The van der Waals surface area contributed by atoms with Gasteiger partial charge in [-0.3, -0.25) is 9.59 Å². The normalized spacial score (nSPS) is 29.1. The predicted molar refractivity (Wildman–Crippen MR) is 60.2 cm³/mol. The van der Waals surface area contributed by atoms with Crippen molar-refractivity contribution >= 4 is 17.5 Å². The maximum Gasteiger partial charge on any atom is 0.341 e. The number of ether oxygens (including phenoxy) is 1. The first-order valence-electron chi connectivity index (χ1n) is 5.89. The fourth-order valence-electron chi connectivity index (χ4n) is 2.83. The van der Waals surface area contributed by atoms with E-state index in [1.807, 2.05) is 6.92 Å². The quantitative estimate of drug-likeness (QED) is 0.512. The molecule has 0 aliphatic heterocycles. The third-order valence-corrected chi connectivity index (χ3v) is 3.93. The second-order valence-electron chi connectivity index (χ2n) is 4.88. The van der Waals surface area contributed by atoms with Gasteiger partial charge in [0.05, 0.1) is 7.11 Å². The molecule has 92 valence electrons. The molecule has 4 heteroatoms. The van der Waals surface area contributed by atoms with Crippen LogP contribution in [-0.2, 0) is 19.1 Å². The minimum Gasteiger partial charge on any atom is -0.465 e. The van der Waals surface area contributed by atoms with Crippen LogP contribution in [0.2, 0.25) is 0 Å². The van der Waals surface area contributed by atoms with E-state index < -0.39 is 11.4 Å². The highest BCUT2D eigenvalue weighted by Gasteiger charge is 2.46. The first-order valence-corrected chi connectivity index (χ1v) is 5.89. The summed E-state index contributed by atoms with van der Waals surface area (Å²) in [6.45, 7) is 1.85. The second kappa shape index (κ2) is 4.09. The summed E-state index contributed by atoms with van der Waals surface area (Å²) in [6, 6.07) is 0. The van der Waals surface area contributed by atoms with Crippen LogP contribution in [0.25, 0.3) is 0 Å². The summed E-state index contributed by atoms with van der Waals surface area (Å²) >= 11 is 0. The summed E-state index contributed by atoms with van der Waals surface area (Å²) in [5, 5.41) is 0. The molecule has 0 unspecified atom stereocenters. The number of hydrogen-bond acceptors (Lipinski definition) is 4. The number of carbonyl (C=O) groups excluding carboxylic acids is 3. The molecular formula is C13H16O4. The number of hydrogen-bond donors (Lipinski definition) is 0. The van der Waals surface area contributed by atoms with Gasteiger partial charge in [-0.1, -0.05) is 0 Å². The number of ketones is 2. The van der Waals surface area contributed by atoms with Gasteiger partial charge in [-0.05, 0) is 31.8 Å². The van der Waals surface area contributed by atoms with E-state index in [0.717, 1.165) is 6.42 Å². The van der Waals surface area contributed by atoms with Crippen molar-refractivity contribution in [1.82, 2.24) is 0 Å². The highest BCUT2D eigenvalue weighted by atomic mass is 16.5. The van der Waals surface area contributed by atoms with Crippen LogP contribution in [0, 0.1) is 5.41 Å². The fraction of sp³-hybridized carbons (Fsp3) is 0.615. The lowest BCUT2D eigenvalue weighted by molar-refractivity contribution is -0.138. The summed E-state index contributed by atoms with van der Waals surface area (Å²) < 4.78 is 4.66. The highest BCUT2D eigenvalue weighted by molar-refractivity contribution is 6.19. The van der Waals surface area contributed by atoms with E-state index in [-0.39, 0.29) is 23.6 Å². The van der Waals surface area contributed by atoms with Crippen molar-refractivity contribution in [2.24, 2.45) is 5.41 Å². The molecule has 2 rings (SSSR count). The molecule has 1 atom stereocenters. The number of allylic oxidation sites excluding steroid dienone is 1. The number of fused-ring (bicyclic) bond motifs is 1. The van der Waals surface area contributed by atoms with Crippen molar-refractivity contribution in [3.8, 4) is 0 Å². The monoisotopic (exact) mass is 236 g/mol. The maximum absolute atomic E-state index is 12.0. The molecule has 4 nitrogen and oxygen atoms in total. The van der Waals surface area contributed by atoms with Gasteiger partial charge in [0.2, 0.25) is 0 Å². The minimum absolute atomic E-state index is 0.134. The standard InChI is InChI=1S/C13H16O4/c1-13-7-6-9(14)11(12(16)17-2)8(13)4-3-5-10(13)15/h3-7H2,1-2H3/t13-/m0/s1. The highest BCUT2D eigenvalue weighted by Crippen LogP contribution is 2.46. The Morgan fingerprint density at radius 3 is 2.59 bits per heavy atom. The van der Waals surface area contributed by atoms with Gasteiger partial charge in [0, 0.05) is 18.3 Å². The molecule has 0 saturated heterocycles. The number of Topliss-reactive ketones (excluding diaryl/α,β-unsaturated/α-hetero) is 2. The van der Waals surface area contributed by atoms with E-state index in [1.165, 1.54) is 7.11 Å². The Kier molecular flexibility index (Phi) is 2.89. The predicted octanol–water partition coefficient (Wildman–Crippen LogP) is 1.58. The first-order chi connectivity index (χ1) is 8.00. The van der Waals surface area contributed by atoms with Crippen LogP contribution >= 0.6 is 0 Å². The molecule has 0 amide bonds. The van der Waals surface area contributed by atoms with Gasteiger partial charge in [-0.2, -0.15) is 0 Å². The van der Waals surface area contributed by atoms with Gasteiger partial charge in [-0.25, -0.2) is 4.79 Å². The lowest BCUT2D eigenvalue weighted by Gasteiger charge is -2.38. The molecule has 17 heavy (non-hydrogen) atoms. The first kappa shape index (κ1) is 12.0. The zero-order valence-corrected chi connectivity index (χ0v) is 10.2. The van der Waals surface area contributed by atoms with Gasteiger partial charge >= 0.3 is 5.97 Å². The third kappa shape index (κ3) is 1.72. The minimum atomic E-state index is -0.615. The average molecular weight is 236 g/mol. The SMILES string of the molecule is COC(=O)C1=C2CCCC(=O)[C@@]2(C)CCC1=O. The van der Waals surface area contributed by atoms with Crippen molar-refractivity contribution in [2.45, 2.75) is 39.0 Å². The van der Waals surface area contributed by atoms with Crippen LogP contribution in [0.4, 0.5) is 0 Å². The van der Waals surface area contributed by atoms with Crippen LogP contribution in [0.5, 0.6) is 0 Å². The molecule has 1 saturated carbocycles. The Morgan fingerprint density at radius 1 is 1.24 bits per heavy atom. The summed E-state index contributed by atoms with van der Waals surface area (Å²) in [7, 11) is 1.26. The van der Waals surface area contributed by atoms with Gasteiger partial charge in [0.25, 0.3) is 0 Å². The lowest BCUT2D eigenvalue weighted by atomic mass is 9.63. The number of rotatable bonds is 1. The molecule has 0 spiro atoms. The van der Waals surface area contributed by atoms with Gasteiger partial charge in [0.15, 0.2) is 5.78 Å². The fourth-order valence-corrected chi connectivity index (χ4v) is 2.83. The van der Waals surface area contributed by atoms with E-state index in [4.69, 9.17) is 0 Å². The van der Waals surface area contributed by atoms with Crippen molar-refractivity contribution in [3.05, 3.63) is 11.1 Å². The molecule has 1 fully saturated rings. The molecule has 0 heterocycles. The van der Waals surface area contributed by atoms with E-state index in [0.29, 0.717) is 24.8 Å². The molecule has 0 aromatic carbocycles. The number of methoxy groups -OCH3 is 1. The van der Waals surface area contributed by atoms with E-state index in [9.17, 15) is 14.4 Å². The summed E-state index contributed by atoms with van der Waals surface area (Å²) in [5.41, 5.74) is 0.224. The smallest absolute Gasteiger partial charge is 0.341 e. The van der Waals surface area contributed by atoms with E-state index in [2.05, 4.69) is 4.74 Å². The van der Waals surface area contributed by atoms with Crippen LogP contribution in [-0.4, -0.2) is 24.6 Å². The molecular weight excluding hydrogens is 220 g/mol.